The van der Waals surface area contributed by atoms with E-state index in [1.807, 2.05) is 13.8 Å². The van der Waals surface area contributed by atoms with Crippen LogP contribution in [0.3, 0.4) is 0 Å². The summed E-state index contributed by atoms with van der Waals surface area (Å²) in [6, 6.07) is 0. The van der Waals surface area contributed by atoms with Crippen LogP contribution in [-0.4, -0.2) is 19.3 Å². The largest absolute Gasteiger partial charge is 0.463 e. The number of esters is 1. The van der Waals surface area contributed by atoms with Gasteiger partial charge in [-0.3, -0.25) is 0 Å². The van der Waals surface area contributed by atoms with Gasteiger partial charge in [0.1, 0.15) is 0 Å². The Morgan fingerprint density at radius 2 is 2.22 bits per heavy atom. The fourth-order valence-electron chi connectivity index (χ4n) is 0.298. The summed E-state index contributed by atoms with van der Waals surface area (Å²) >= 11 is 0. The normalized spacial score (nSPS) is 9.78. The molecule has 0 spiro atoms. The van der Waals surface area contributed by atoms with Crippen LogP contribution < -0.4 is 0 Å². The molecule has 0 aromatic carbocycles. The number of halogens is 1. The van der Waals surface area contributed by atoms with Crippen LogP contribution in [0.4, 0.5) is 4.39 Å². The molecule has 9 heavy (non-hydrogen) atoms. The van der Waals surface area contributed by atoms with Gasteiger partial charge in [-0.15, -0.1) is 0 Å². The van der Waals surface area contributed by atoms with Gasteiger partial charge < -0.3 is 4.74 Å². The van der Waals surface area contributed by atoms with E-state index in [4.69, 9.17) is 0 Å². The highest BCUT2D eigenvalue weighted by atomic mass is 19.1. The molecule has 0 N–H and O–H groups in total. The van der Waals surface area contributed by atoms with Crippen molar-refractivity contribution in [3.63, 3.8) is 0 Å². The lowest BCUT2D eigenvalue weighted by molar-refractivity contribution is -0.145. The molecule has 0 heterocycles. The van der Waals surface area contributed by atoms with Gasteiger partial charge in [0.05, 0.1) is 6.61 Å². The average Bonchev–Trinajstić information content (AvgIpc) is 1.83. The molecule has 0 rings (SSSR count). The third kappa shape index (κ3) is 5.27. The number of hydrogen-bond donors (Lipinski definition) is 0. The van der Waals surface area contributed by atoms with E-state index in [9.17, 15) is 9.18 Å². The fraction of sp³-hybridized carbons (Fsp3) is 0.833. The average molecular weight is 134 g/mol. The summed E-state index contributed by atoms with van der Waals surface area (Å²) in [5, 5.41) is 0. The molecule has 0 atom stereocenters. The Morgan fingerprint density at radius 3 is 2.56 bits per heavy atom. The molecule has 0 aliphatic rings. The molecule has 0 saturated heterocycles. The Kier molecular flexibility index (Phi) is 4.01. The Hall–Kier alpha value is -0.600. The van der Waals surface area contributed by atoms with Crippen LogP contribution in [0.2, 0.25) is 0 Å². The maximum atomic E-state index is 11.4. The molecule has 0 aromatic heterocycles. The van der Waals surface area contributed by atoms with Gasteiger partial charge in [-0.1, -0.05) is 13.8 Å². The van der Waals surface area contributed by atoms with Crippen LogP contribution in [-0.2, 0) is 9.53 Å². The number of alkyl halides is 1. The van der Waals surface area contributed by atoms with Crippen molar-refractivity contribution in [2.24, 2.45) is 5.92 Å². The predicted octanol–water partition coefficient (Wildman–Crippen LogP) is 1.16. The summed E-state index contributed by atoms with van der Waals surface area (Å²) in [4.78, 5) is 10.1. The summed E-state index contributed by atoms with van der Waals surface area (Å²) in [5.74, 6) is -0.496. The van der Waals surface area contributed by atoms with Crippen LogP contribution in [0.25, 0.3) is 0 Å². The maximum absolute atomic E-state index is 11.4. The fourth-order valence-corrected chi connectivity index (χ4v) is 0.298. The second-order valence-electron chi connectivity index (χ2n) is 2.21. The number of carbonyl (C=O) groups excluding carboxylic acids is 1. The van der Waals surface area contributed by atoms with Crippen molar-refractivity contribution in [3.8, 4) is 0 Å². The lowest BCUT2D eigenvalue weighted by Gasteiger charge is -2.03. The van der Waals surface area contributed by atoms with Crippen LogP contribution in [0.5, 0.6) is 0 Å². The van der Waals surface area contributed by atoms with Gasteiger partial charge in [0.15, 0.2) is 6.67 Å². The van der Waals surface area contributed by atoms with Gasteiger partial charge in [0, 0.05) is 0 Å². The van der Waals surface area contributed by atoms with Crippen LogP contribution in [0, 0.1) is 5.92 Å². The molecular weight excluding hydrogens is 123 g/mol. The van der Waals surface area contributed by atoms with Crippen molar-refractivity contribution in [1.29, 1.82) is 0 Å². The highest BCUT2D eigenvalue weighted by molar-refractivity contribution is 5.70. The second-order valence-corrected chi connectivity index (χ2v) is 2.21. The first kappa shape index (κ1) is 8.40. The smallest absolute Gasteiger partial charge is 0.337 e. The third-order valence-corrected chi connectivity index (χ3v) is 0.687. The van der Waals surface area contributed by atoms with Crippen molar-refractivity contribution in [1.82, 2.24) is 0 Å². The van der Waals surface area contributed by atoms with Crippen LogP contribution >= 0.6 is 0 Å². The van der Waals surface area contributed by atoms with E-state index in [-0.39, 0.29) is 5.92 Å². The van der Waals surface area contributed by atoms with E-state index in [2.05, 4.69) is 4.74 Å². The number of carbonyl (C=O) groups is 1. The van der Waals surface area contributed by atoms with Crippen molar-refractivity contribution in [3.05, 3.63) is 0 Å². The maximum Gasteiger partial charge on any atom is 0.337 e. The zero-order chi connectivity index (χ0) is 7.28. The van der Waals surface area contributed by atoms with E-state index in [1.165, 1.54) is 0 Å². The Labute approximate surface area is 54.0 Å². The SMILES string of the molecule is CC(C)COC(=O)CF. The zero-order valence-electron chi connectivity index (χ0n) is 5.69. The molecule has 2 nitrogen and oxygen atoms in total. The standard InChI is InChI=1S/C6H11FO2/c1-5(2)4-9-6(8)3-7/h5H,3-4H2,1-2H3. The molecule has 0 fully saturated rings. The minimum Gasteiger partial charge on any atom is -0.463 e. The van der Waals surface area contributed by atoms with Gasteiger partial charge >= 0.3 is 5.97 Å². The van der Waals surface area contributed by atoms with Gasteiger partial charge in [0.25, 0.3) is 0 Å². The summed E-state index contributed by atoms with van der Waals surface area (Å²) in [7, 11) is 0. The molecule has 0 aromatic rings. The molecule has 0 bridgehead atoms. The third-order valence-electron chi connectivity index (χ3n) is 0.687. The summed E-state index contributed by atoms with van der Waals surface area (Å²) in [6.45, 7) is 3.08. The van der Waals surface area contributed by atoms with E-state index in [0.29, 0.717) is 6.61 Å². The first-order valence-electron chi connectivity index (χ1n) is 2.88. The Morgan fingerprint density at radius 1 is 1.67 bits per heavy atom. The molecule has 0 unspecified atom stereocenters. The van der Waals surface area contributed by atoms with Crippen molar-refractivity contribution in [2.75, 3.05) is 13.3 Å². The molecule has 54 valence electrons. The highest BCUT2D eigenvalue weighted by Crippen LogP contribution is 1.92. The van der Waals surface area contributed by atoms with E-state index in [0.717, 1.165) is 0 Å². The van der Waals surface area contributed by atoms with E-state index in [1.54, 1.807) is 0 Å². The lowest BCUT2D eigenvalue weighted by atomic mass is 10.2. The second kappa shape index (κ2) is 4.30. The Balaban J connectivity index is 3.17. The molecular formula is C6H11FO2. The molecule has 0 amide bonds. The predicted molar refractivity (Wildman–Crippen MR) is 31.8 cm³/mol. The lowest BCUT2D eigenvalue weighted by Crippen LogP contribution is -2.10. The van der Waals surface area contributed by atoms with Crippen molar-refractivity contribution < 1.29 is 13.9 Å². The highest BCUT2D eigenvalue weighted by Gasteiger charge is 2.01. The number of ether oxygens (including phenoxy) is 1. The minimum absolute atomic E-state index is 0.278. The van der Waals surface area contributed by atoms with E-state index >= 15 is 0 Å². The van der Waals surface area contributed by atoms with Gasteiger partial charge in [-0.05, 0) is 5.92 Å². The van der Waals surface area contributed by atoms with Gasteiger partial charge in [0.2, 0.25) is 0 Å². The topological polar surface area (TPSA) is 26.3 Å². The van der Waals surface area contributed by atoms with Crippen LogP contribution in [0.15, 0.2) is 0 Å². The molecule has 3 heteroatoms. The zero-order valence-corrected chi connectivity index (χ0v) is 5.69. The first-order valence-corrected chi connectivity index (χ1v) is 2.88. The van der Waals surface area contributed by atoms with Gasteiger partial charge in [-0.25, -0.2) is 9.18 Å². The molecule has 0 aliphatic carbocycles. The van der Waals surface area contributed by atoms with Crippen molar-refractivity contribution in [2.45, 2.75) is 13.8 Å². The summed E-state index contributed by atoms with van der Waals surface area (Å²) in [6.07, 6.45) is 0. The molecule has 0 aliphatic heterocycles. The summed E-state index contributed by atoms with van der Waals surface area (Å²) < 4.78 is 15.8. The first-order chi connectivity index (χ1) is 4.16. The number of rotatable bonds is 3. The summed E-state index contributed by atoms with van der Waals surface area (Å²) in [5.41, 5.74) is 0. The molecule has 0 saturated carbocycles. The van der Waals surface area contributed by atoms with Crippen molar-refractivity contribution >= 4 is 5.97 Å². The Bertz CT molecular complexity index is 91.1. The van der Waals surface area contributed by atoms with Gasteiger partial charge in [-0.2, -0.15) is 0 Å². The van der Waals surface area contributed by atoms with E-state index < -0.39 is 12.6 Å². The molecule has 0 radical (unpaired) electrons. The van der Waals surface area contributed by atoms with Crippen LogP contribution in [0.1, 0.15) is 13.8 Å². The number of hydrogen-bond acceptors (Lipinski definition) is 2. The minimum atomic E-state index is -1.02. The quantitative estimate of drug-likeness (QED) is 0.541. The monoisotopic (exact) mass is 134 g/mol.